The van der Waals surface area contributed by atoms with E-state index in [0.29, 0.717) is 0 Å². The van der Waals surface area contributed by atoms with Gasteiger partial charge in [0.2, 0.25) is 0 Å². The number of rotatable bonds is 0. The Morgan fingerprint density at radius 1 is 1.00 bits per heavy atom. The van der Waals surface area contributed by atoms with Crippen LogP contribution in [-0.2, 0) is 34.1 Å². The van der Waals surface area contributed by atoms with Gasteiger partial charge in [-0.25, -0.2) is 0 Å². The van der Waals surface area contributed by atoms with Crippen molar-refractivity contribution < 1.29 is 54.4 Å². The molecule has 0 rings (SSSR count). The van der Waals surface area contributed by atoms with Crippen LogP contribution in [0.25, 0.3) is 0 Å². The molecular formula is H4Fe2LiP. The maximum Gasteiger partial charge on any atom is 1.00 e. The van der Waals surface area contributed by atoms with E-state index in [-0.39, 0.29) is 64.3 Å². The Morgan fingerprint density at radius 3 is 1.00 bits per heavy atom. The maximum absolute atomic E-state index is 0. The number of hydrogen-bond donors (Lipinski definition) is 0. The van der Waals surface area contributed by atoms with Crippen LogP contribution in [0.2, 0.25) is 0 Å². The number of hydrogen-bond acceptors (Lipinski definition) is 0. The Morgan fingerprint density at radius 2 is 1.00 bits per heavy atom. The van der Waals surface area contributed by atoms with Gasteiger partial charge >= 0.3 is 18.9 Å². The van der Waals surface area contributed by atoms with E-state index in [1.54, 1.807) is 0 Å². The van der Waals surface area contributed by atoms with Crippen molar-refractivity contribution in [2.75, 3.05) is 0 Å². The molecule has 0 aliphatic rings. The normalized spacial score (nSPS) is 0. The molecule has 0 saturated heterocycles. The third kappa shape index (κ3) is 8.95. The van der Waals surface area contributed by atoms with Gasteiger partial charge in [0.15, 0.2) is 0 Å². The van der Waals surface area contributed by atoms with Crippen molar-refractivity contribution in [2.45, 2.75) is 0 Å². The molecule has 0 nitrogen and oxygen atoms in total. The Hall–Kier alpha value is 2.07. The fraction of sp³-hybridized carbons (Fsp3) is 0. The van der Waals surface area contributed by atoms with Gasteiger partial charge in [0.05, 0.1) is 0 Å². The molecule has 0 N–H and O–H groups in total. The summed E-state index contributed by atoms with van der Waals surface area (Å²) in [4.78, 5) is 0. The molecule has 1 atom stereocenters. The molecule has 0 radical (unpaired) electrons. The smallest absolute Gasteiger partial charge is 1.00 e. The third-order valence-electron chi connectivity index (χ3n) is 0. The van der Waals surface area contributed by atoms with Crippen LogP contribution in [0.5, 0.6) is 0 Å². The minimum Gasteiger partial charge on any atom is -1.00 e. The fourth-order valence-corrected chi connectivity index (χ4v) is 0. The van der Waals surface area contributed by atoms with Gasteiger partial charge in [0.1, 0.15) is 0 Å². The van der Waals surface area contributed by atoms with Gasteiger partial charge < -0.3 is 1.43 Å². The first-order chi connectivity index (χ1) is 0. The molecule has 0 fully saturated rings. The summed E-state index contributed by atoms with van der Waals surface area (Å²) in [5, 5.41) is 0. The van der Waals surface area contributed by atoms with Gasteiger partial charge in [-0.05, 0) is 0 Å². The predicted molar refractivity (Wildman–Crippen MR) is 12.2 cm³/mol. The molecule has 1 unspecified atom stereocenters. The van der Waals surface area contributed by atoms with Crippen LogP contribution in [0.1, 0.15) is 1.43 Å². The second kappa shape index (κ2) is 19.6. The van der Waals surface area contributed by atoms with Crippen molar-refractivity contribution in [2.24, 2.45) is 0 Å². The topological polar surface area (TPSA) is 0 Å². The summed E-state index contributed by atoms with van der Waals surface area (Å²) in [6.07, 6.45) is 0. The van der Waals surface area contributed by atoms with E-state index >= 15 is 0 Å². The first kappa shape index (κ1) is 36.5. The minimum atomic E-state index is 0. The van der Waals surface area contributed by atoms with Crippen molar-refractivity contribution in [3.8, 4) is 0 Å². The first-order valence-corrected chi connectivity index (χ1v) is 0. The summed E-state index contributed by atoms with van der Waals surface area (Å²) in [5.41, 5.74) is 0. The predicted octanol–water partition coefficient (Wildman–Crippen LogP) is -2.83. The minimum absolute atomic E-state index is 0. The van der Waals surface area contributed by atoms with E-state index in [4.69, 9.17) is 0 Å². The molecule has 0 aromatic carbocycles. The van der Waals surface area contributed by atoms with E-state index in [1.807, 2.05) is 0 Å². The molecule has 0 aliphatic carbocycles. The van der Waals surface area contributed by atoms with E-state index in [0.717, 1.165) is 0 Å². The summed E-state index contributed by atoms with van der Waals surface area (Å²) in [7, 11) is 0. The van der Waals surface area contributed by atoms with Crippen molar-refractivity contribution in [3.05, 3.63) is 0 Å². The molecule has 0 aliphatic heterocycles. The van der Waals surface area contributed by atoms with Crippen LogP contribution < -0.4 is 18.9 Å². The molecule has 0 heterocycles. The van der Waals surface area contributed by atoms with E-state index in [1.165, 1.54) is 0 Å². The summed E-state index contributed by atoms with van der Waals surface area (Å²) >= 11 is 0. The molecule has 0 aromatic heterocycles. The van der Waals surface area contributed by atoms with Gasteiger partial charge in [0.25, 0.3) is 0 Å². The molecular weight excluding hydrogens is 150 g/mol. The molecule has 0 bridgehead atoms. The quantitative estimate of drug-likeness (QED) is 0.260. The Balaban J connectivity index is 0. The molecule has 0 aromatic rings. The Kier molecular flexibility index (Phi) is 179. The van der Waals surface area contributed by atoms with Gasteiger partial charge in [-0.1, -0.05) is 0 Å². The molecule has 26 valence electrons. The fourth-order valence-electron chi connectivity index (χ4n) is 0. The van der Waals surface area contributed by atoms with Crippen molar-refractivity contribution in [3.63, 3.8) is 0 Å². The first-order valence-electron chi connectivity index (χ1n) is 0. The third-order valence-corrected chi connectivity index (χ3v) is 0. The molecule has 0 amide bonds. The Labute approximate surface area is 64.1 Å². The van der Waals surface area contributed by atoms with Crippen molar-refractivity contribution >= 4 is 9.90 Å². The van der Waals surface area contributed by atoms with Gasteiger partial charge in [-0.3, -0.25) is 0 Å². The summed E-state index contributed by atoms with van der Waals surface area (Å²) in [5.74, 6) is 0. The van der Waals surface area contributed by atoms with Crippen LogP contribution in [-0.4, -0.2) is 0 Å². The van der Waals surface area contributed by atoms with E-state index < -0.39 is 0 Å². The zero-order chi connectivity index (χ0) is 0. The standard InChI is InChI=1S/2Fe.Li.H3P.H/h;;;1H3;/q;;+1;;-1. The van der Waals surface area contributed by atoms with Gasteiger partial charge in [0, 0.05) is 34.1 Å². The summed E-state index contributed by atoms with van der Waals surface area (Å²) in [6, 6.07) is 0. The second-order valence-electron chi connectivity index (χ2n) is 0. The average Bonchev–Trinajstić information content (AvgIpc) is 0. The van der Waals surface area contributed by atoms with Crippen LogP contribution in [0.4, 0.5) is 0 Å². The average molecular weight is 154 g/mol. The molecule has 0 saturated carbocycles. The Bertz CT molecular complexity index is 9.61. The largest absolute Gasteiger partial charge is 1.00 e. The van der Waals surface area contributed by atoms with Crippen LogP contribution in [0, 0.1) is 0 Å². The second-order valence-corrected chi connectivity index (χ2v) is 0. The van der Waals surface area contributed by atoms with Crippen LogP contribution in [0.15, 0.2) is 0 Å². The van der Waals surface area contributed by atoms with Crippen molar-refractivity contribution in [1.29, 1.82) is 0 Å². The summed E-state index contributed by atoms with van der Waals surface area (Å²) in [6.45, 7) is 0. The zero-order valence-electron chi connectivity index (χ0n) is 3.41. The van der Waals surface area contributed by atoms with E-state index in [9.17, 15) is 0 Å². The maximum atomic E-state index is 0. The summed E-state index contributed by atoms with van der Waals surface area (Å²) < 4.78 is 0. The zero-order valence-corrected chi connectivity index (χ0v) is 6.04. The van der Waals surface area contributed by atoms with E-state index in [2.05, 4.69) is 0 Å². The van der Waals surface area contributed by atoms with Crippen LogP contribution >= 0.6 is 9.90 Å². The molecule has 4 heteroatoms. The molecule has 4 heavy (non-hydrogen) atoms. The SMILES string of the molecule is P.[Fe].[Fe].[H-].[Li+]. The van der Waals surface area contributed by atoms with Gasteiger partial charge in [-0.2, -0.15) is 9.90 Å². The monoisotopic (exact) mass is 154 g/mol. The van der Waals surface area contributed by atoms with Crippen LogP contribution in [0.3, 0.4) is 0 Å². The molecule has 0 spiro atoms. The van der Waals surface area contributed by atoms with Gasteiger partial charge in [-0.15, -0.1) is 0 Å². The van der Waals surface area contributed by atoms with Crippen molar-refractivity contribution in [1.82, 2.24) is 0 Å².